The van der Waals surface area contributed by atoms with E-state index in [1.54, 1.807) is 5.56 Å². The number of benzene rings is 2. The van der Waals surface area contributed by atoms with E-state index in [-0.39, 0.29) is 0 Å². The molecule has 0 saturated heterocycles. The van der Waals surface area contributed by atoms with Gasteiger partial charge in [0.1, 0.15) is 0 Å². The van der Waals surface area contributed by atoms with Gasteiger partial charge >= 0.3 is 0 Å². The lowest BCUT2D eigenvalue weighted by atomic mass is 10.1. The summed E-state index contributed by atoms with van der Waals surface area (Å²) in [5.41, 5.74) is 3.02. The molecule has 0 unspecified atom stereocenters. The molecule has 0 fully saturated rings. The summed E-state index contributed by atoms with van der Waals surface area (Å²) in [5.74, 6) is 0. The predicted molar refractivity (Wildman–Crippen MR) is 227 cm³/mol. The molecule has 0 aliphatic carbocycles. The van der Waals surface area contributed by atoms with E-state index >= 15 is 0 Å². The molecule has 2 aromatic carbocycles. The lowest BCUT2D eigenvalue weighted by Crippen LogP contribution is -2.48. The second-order valence-electron chi connectivity index (χ2n) is 16.0. The fraction of sp³-hybridized carbons (Fsp3) is 0.750. The van der Waals surface area contributed by atoms with Crippen LogP contribution >= 0.6 is 0 Å². The van der Waals surface area contributed by atoms with Crippen LogP contribution in [0.4, 0.5) is 0 Å². The maximum Gasteiger partial charge on any atom is 0.0875 e. The summed E-state index contributed by atoms with van der Waals surface area (Å²) in [6.45, 7) is 6.98. The predicted octanol–water partition coefficient (Wildman–Crippen LogP) is 16.8. The monoisotopic (exact) mass is 689 g/mol. The van der Waals surface area contributed by atoms with Crippen LogP contribution in [0.15, 0.2) is 54.6 Å². The van der Waals surface area contributed by atoms with Crippen LogP contribution < -0.4 is 5.19 Å². The fourth-order valence-electron chi connectivity index (χ4n) is 8.45. The molecular weight excluding hydrogens is 605 g/mol. The average Bonchev–Trinajstić information content (AvgIpc) is 3.14. The topological polar surface area (TPSA) is 0 Å². The second kappa shape index (κ2) is 31.4. The van der Waals surface area contributed by atoms with Crippen molar-refractivity contribution < 1.29 is 0 Å². The molecule has 1 heteroatoms. The standard InChI is InChI=1S/C48H84Si/c1-4-7-10-13-16-19-22-25-28-36-43-49(44-37-29-26-23-20-17-14-11-8-5-2,45-38-30-27-24-21-18-15-12-9-6-3)48-42-35-34-41-47(48)46-39-32-31-33-40-46/h31-35,39-42H,4-30,36-38,43-45H2,1-3H3. The summed E-state index contributed by atoms with van der Waals surface area (Å²) in [7, 11) is -1.67. The first-order chi connectivity index (χ1) is 24.3. The van der Waals surface area contributed by atoms with Gasteiger partial charge < -0.3 is 0 Å². The highest BCUT2D eigenvalue weighted by Gasteiger charge is 2.35. The molecule has 0 bridgehead atoms. The van der Waals surface area contributed by atoms with Gasteiger partial charge in [0.05, 0.1) is 8.07 Å². The van der Waals surface area contributed by atoms with Crippen LogP contribution in [-0.2, 0) is 0 Å². The third-order valence-corrected chi connectivity index (χ3v) is 17.1. The van der Waals surface area contributed by atoms with Crippen LogP contribution in [0.3, 0.4) is 0 Å². The van der Waals surface area contributed by atoms with Crippen LogP contribution in [0, 0.1) is 0 Å². The van der Waals surface area contributed by atoms with Gasteiger partial charge in [-0.15, -0.1) is 0 Å². The molecule has 0 atom stereocenters. The molecule has 2 rings (SSSR count). The number of rotatable bonds is 35. The van der Waals surface area contributed by atoms with Crippen molar-refractivity contribution in [3.63, 3.8) is 0 Å². The first-order valence-corrected chi connectivity index (χ1v) is 25.0. The van der Waals surface area contributed by atoms with Gasteiger partial charge in [-0.3, -0.25) is 0 Å². The zero-order chi connectivity index (χ0) is 34.9. The lowest BCUT2D eigenvalue weighted by molar-refractivity contribution is 0.556. The molecular formula is C48H84Si. The van der Waals surface area contributed by atoms with Crippen molar-refractivity contribution in [1.82, 2.24) is 0 Å². The van der Waals surface area contributed by atoms with Crippen LogP contribution in [0.2, 0.25) is 18.1 Å². The van der Waals surface area contributed by atoms with E-state index in [1.165, 1.54) is 216 Å². The number of unbranched alkanes of at least 4 members (excludes halogenated alkanes) is 27. The third kappa shape index (κ3) is 20.9. The van der Waals surface area contributed by atoms with Crippen molar-refractivity contribution in [1.29, 1.82) is 0 Å². The Bertz CT molecular complexity index is 904. The molecule has 0 aliphatic rings. The van der Waals surface area contributed by atoms with E-state index in [0.717, 1.165) is 0 Å². The summed E-state index contributed by atoms with van der Waals surface area (Å²) in [6, 6.07) is 25.8. The molecule has 0 spiro atoms. The Kier molecular flexibility index (Phi) is 28.1. The van der Waals surface area contributed by atoms with Gasteiger partial charge in [-0.1, -0.05) is 291 Å². The molecule has 0 amide bonds. The first-order valence-electron chi connectivity index (χ1n) is 22.4. The maximum absolute atomic E-state index is 2.61. The SMILES string of the molecule is CCCCCCCCCCCC[Si](CCCCCCCCCCCC)(CCCCCCCCCCCC)c1ccccc1-c1ccccc1. The third-order valence-electron chi connectivity index (χ3n) is 11.6. The Balaban J connectivity index is 2.08. The number of hydrogen-bond donors (Lipinski definition) is 0. The first kappa shape index (κ1) is 43.8. The average molecular weight is 689 g/mol. The summed E-state index contributed by atoms with van der Waals surface area (Å²) in [6.07, 6.45) is 43.3. The molecule has 2 aromatic rings. The van der Waals surface area contributed by atoms with Crippen LogP contribution in [0.25, 0.3) is 11.1 Å². The molecule has 0 aliphatic heterocycles. The number of hydrogen-bond acceptors (Lipinski definition) is 0. The Hall–Kier alpha value is -1.34. The lowest BCUT2D eigenvalue weighted by Gasteiger charge is -2.35. The summed E-state index contributed by atoms with van der Waals surface area (Å²) < 4.78 is 0. The Morgan fingerprint density at radius 1 is 0.306 bits per heavy atom. The minimum atomic E-state index is -1.67. The minimum Gasteiger partial charge on any atom is -0.0654 e. The van der Waals surface area contributed by atoms with E-state index in [2.05, 4.69) is 75.4 Å². The minimum absolute atomic E-state index is 1.36. The van der Waals surface area contributed by atoms with E-state index in [0.29, 0.717) is 0 Å². The van der Waals surface area contributed by atoms with E-state index < -0.39 is 8.07 Å². The van der Waals surface area contributed by atoms with Crippen molar-refractivity contribution in [3.8, 4) is 11.1 Å². The highest BCUT2D eigenvalue weighted by Crippen LogP contribution is 2.33. The van der Waals surface area contributed by atoms with Crippen LogP contribution in [0.1, 0.15) is 213 Å². The summed E-state index contributed by atoms with van der Waals surface area (Å²) in [5, 5.41) is 1.81. The van der Waals surface area contributed by atoms with Crippen molar-refractivity contribution in [2.45, 2.75) is 232 Å². The van der Waals surface area contributed by atoms with Gasteiger partial charge in [-0.25, -0.2) is 0 Å². The van der Waals surface area contributed by atoms with E-state index in [4.69, 9.17) is 0 Å². The quantitative estimate of drug-likeness (QED) is 0.0499. The van der Waals surface area contributed by atoms with Crippen molar-refractivity contribution in [2.24, 2.45) is 0 Å². The zero-order valence-electron chi connectivity index (χ0n) is 33.5. The van der Waals surface area contributed by atoms with Gasteiger partial charge in [-0.05, 0) is 11.1 Å². The molecule has 280 valence electrons. The van der Waals surface area contributed by atoms with Gasteiger partial charge in [0.25, 0.3) is 0 Å². The van der Waals surface area contributed by atoms with E-state index in [1.807, 2.05) is 5.19 Å². The van der Waals surface area contributed by atoms with Gasteiger partial charge in [-0.2, -0.15) is 0 Å². The highest BCUT2D eigenvalue weighted by molar-refractivity contribution is 6.92. The molecule has 0 nitrogen and oxygen atoms in total. The van der Waals surface area contributed by atoms with E-state index in [9.17, 15) is 0 Å². The summed E-state index contributed by atoms with van der Waals surface area (Å²) in [4.78, 5) is 0. The molecule has 0 N–H and O–H groups in total. The van der Waals surface area contributed by atoms with Gasteiger partial charge in [0.2, 0.25) is 0 Å². The van der Waals surface area contributed by atoms with Crippen molar-refractivity contribution in [3.05, 3.63) is 54.6 Å². The van der Waals surface area contributed by atoms with Crippen molar-refractivity contribution in [2.75, 3.05) is 0 Å². The molecule has 0 radical (unpaired) electrons. The van der Waals surface area contributed by atoms with Crippen LogP contribution in [-0.4, -0.2) is 8.07 Å². The fourth-order valence-corrected chi connectivity index (χ4v) is 14.0. The highest BCUT2D eigenvalue weighted by atomic mass is 28.3. The Labute approximate surface area is 309 Å². The maximum atomic E-state index is 2.61. The van der Waals surface area contributed by atoms with Gasteiger partial charge in [0.15, 0.2) is 0 Å². The summed E-state index contributed by atoms with van der Waals surface area (Å²) >= 11 is 0. The van der Waals surface area contributed by atoms with Gasteiger partial charge in [0, 0.05) is 0 Å². The zero-order valence-corrected chi connectivity index (χ0v) is 34.5. The Morgan fingerprint density at radius 2 is 0.592 bits per heavy atom. The molecule has 49 heavy (non-hydrogen) atoms. The largest absolute Gasteiger partial charge is 0.0875 e. The second-order valence-corrected chi connectivity index (χ2v) is 20.6. The normalized spacial score (nSPS) is 11.8. The van der Waals surface area contributed by atoms with Crippen LogP contribution in [0.5, 0.6) is 0 Å². The molecule has 0 heterocycles. The van der Waals surface area contributed by atoms with Crippen molar-refractivity contribution >= 4 is 13.3 Å². The molecule has 0 aromatic heterocycles. The molecule has 0 saturated carbocycles. The Morgan fingerprint density at radius 3 is 0.939 bits per heavy atom. The smallest absolute Gasteiger partial charge is 0.0654 e.